The minimum absolute atomic E-state index is 0.0120. The number of ether oxygens (including phenoxy) is 3. The molecule has 5 amide bonds. The van der Waals surface area contributed by atoms with E-state index in [9.17, 15) is 36.8 Å². The molecule has 4 aliphatic heterocycles. The van der Waals surface area contributed by atoms with Gasteiger partial charge in [-0.2, -0.15) is 12.7 Å². The van der Waals surface area contributed by atoms with Crippen LogP contribution in [0.2, 0.25) is 0 Å². The minimum atomic E-state index is -4.26. The van der Waals surface area contributed by atoms with Crippen molar-refractivity contribution in [2.24, 2.45) is 5.92 Å². The maximum absolute atomic E-state index is 14.4. The van der Waals surface area contributed by atoms with E-state index in [1.54, 1.807) is 39.0 Å². The molecule has 5 aliphatic rings. The average molecular weight is 777 g/mol. The molecule has 6 rings (SSSR count). The molecule has 1 aliphatic carbocycles. The van der Waals surface area contributed by atoms with Crippen LogP contribution in [-0.2, 0) is 51.9 Å². The summed E-state index contributed by atoms with van der Waals surface area (Å²) in [5.41, 5.74) is -1.45. The van der Waals surface area contributed by atoms with Crippen LogP contribution in [0.1, 0.15) is 76.8 Å². The zero-order chi connectivity index (χ0) is 38.8. The fraction of sp³-hybridized carbons (Fsp3) is 0.639. The topological polar surface area (TPSA) is 193 Å². The lowest BCUT2D eigenvalue weighted by molar-refractivity contribution is -0.141. The predicted octanol–water partition coefficient (Wildman–Crippen LogP) is 2.23. The van der Waals surface area contributed by atoms with E-state index in [0.29, 0.717) is 30.4 Å². The van der Waals surface area contributed by atoms with Crippen LogP contribution in [0.25, 0.3) is 0 Å². The highest BCUT2D eigenvalue weighted by Crippen LogP contribution is 2.46. The second kappa shape index (κ2) is 15.8. The number of nitrogens with one attached hydrogen (secondary N) is 3. The van der Waals surface area contributed by atoms with Crippen molar-refractivity contribution in [2.45, 2.75) is 108 Å². The zero-order valence-corrected chi connectivity index (χ0v) is 31.6. The summed E-state index contributed by atoms with van der Waals surface area (Å²) >= 11 is 0. The van der Waals surface area contributed by atoms with Crippen molar-refractivity contribution < 1.29 is 51.0 Å². The van der Waals surface area contributed by atoms with Gasteiger partial charge in [-0.1, -0.05) is 37.1 Å². The lowest BCUT2D eigenvalue weighted by Gasteiger charge is -2.31. The molecule has 4 heterocycles. The first kappa shape index (κ1) is 39.4. The highest BCUT2D eigenvalue weighted by molar-refractivity contribution is 7.87. The first-order valence-electron chi connectivity index (χ1n) is 18.5. The van der Waals surface area contributed by atoms with Crippen LogP contribution in [0.3, 0.4) is 0 Å². The highest BCUT2D eigenvalue weighted by Gasteiger charge is 2.62. The third kappa shape index (κ3) is 8.97. The number of alkyl carbamates (subject to hydrolysis) is 1. The van der Waals surface area contributed by atoms with E-state index in [1.807, 2.05) is 6.08 Å². The van der Waals surface area contributed by atoms with Crippen molar-refractivity contribution in [3.63, 3.8) is 0 Å². The molecular formula is C36H49FN6O10S. The van der Waals surface area contributed by atoms with Gasteiger partial charge in [-0.05, 0) is 58.1 Å². The Morgan fingerprint density at radius 3 is 2.56 bits per heavy atom. The van der Waals surface area contributed by atoms with E-state index >= 15 is 0 Å². The molecule has 0 bridgehead atoms. The molecule has 3 N–H and O–H groups in total. The molecule has 1 aromatic carbocycles. The Kier molecular flexibility index (Phi) is 11.5. The van der Waals surface area contributed by atoms with Gasteiger partial charge in [0.05, 0.1) is 26.3 Å². The molecular weight excluding hydrogens is 727 g/mol. The van der Waals surface area contributed by atoms with Crippen LogP contribution >= 0.6 is 0 Å². The van der Waals surface area contributed by atoms with E-state index in [1.165, 1.54) is 15.9 Å². The molecule has 0 radical (unpaired) electrons. The number of hydrogen-bond acceptors (Lipinski definition) is 10. The minimum Gasteiger partial charge on any atom is -0.444 e. The Balaban J connectivity index is 1.25. The fourth-order valence-corrected chi connectivity index (χ4v) is 8.58. The van der Waals surface area contributed by atoms with Gasteiger partial charge in [0.25, 0.3) is 5.91 Å². The van der Waals surface area contributed by atoms with Gasteiger partial charge in [0, 0.05) is 37.5 Å². The van der Waals surface area contributed by atoms with Crippen molar-refractivity contribution in [3.05, 3.63) is 47.3 Å². The summed E-state index contributed by atoms with van der Waals surface area (Å²) in [5.74, 6) is -3.23. The van der Waals surface area contributed by atoms with Crippen LogP contribution in [0.15, 0.2) is 30.4 Å². The van der Waals surface area contributed by atoms with E-state index in [-0.39, 0.29) is 65.2 Å². The Morgan fingerprint density at radius 1 is 1.07 bits per heavy atom. The number of allylic oxidation sites excluding steroid dienone is 1. The molecule has 16 nitrogen and oxygen atoms in total. The molecule has 3 fully saturated rings. The number of carbonyl (C=O) groups is 5. The molecule has 5 atom stereocenters. The smallest absolute Gasteiger partial charge is 0.410 e. The number of halogens is 1. The molecule has 296 valence electrons. The average Bonchev–Trinajstić information content (AvgIpc) is 3.40. The number of rotatable bonds is 5. The van der Waals surface area contributed by atoms with E-state index in [2.05, 4.69) is 15.4 Å². The quantitative estimate of drug-likeness (QED) is 0.374. The Labute approximate surface area is 314 Å². The summed E-state index contributed by atoms with van der Waals surface area (Å²) in [4.78, 5) is 71.3. The monoisotopic (exact) mass is 776 g/mol. The number of nitrogens with zero attached hydrogens (tertiary/aromatic N) is 3. The molecule has 1 saturated carbocycles. The van der Waals surface area contributed by atoms with Crippen molar-refractivity contribution in [3.8, 4) is 0 Å². The Morgan fingerprint density at radius 2 is 1.83 bits per heavy atom. The molecule has 0 aromatic heterocycles. The largest absolute Gasteiger partial charge is 0.444 e. The van der Waals surface area contributed by atoms with Gasteiger partial charge in [-0.3, -0.25) is 19.3 Å². The molecule has 0 unspecified atom stereocenters. The molecule has 54 heavy (non-hydrogen) atoms. The van der Waals surface area contributed by atoms with Crippen molar-refractivity contribution in [1.29, 1.82) is 0 Å². The molecule has 1 aromatic rings. The number of amides is 5. The van der Waals surface area contributed by atoms with Crippen molar-refractivity contribution in [1.82, 2.24) is 29.5 Å². The predicted molar refractivity (Wildman–Crippen MR) is 190 cm³/mol. The van der Waals surface area contributed by atoms with E-state index in [4.69, 9.17) is 14.2 Å². The lowest BCUT2D eigenvalue weighted by atomic mass is 10.0. The van der Waals surface area contributed by atoms with Gasteiger partial charge < -0.3 is 29.7 Å². The summed E-state index contributed by atoms with van der Waals surface area (Å²) in [7, 11) is -4.26. The standard InChI is InChI=1S/C36H49FN6O10S/c1-35(2,3)53-33(47)38-28-13-8-6-4-5-7-11-24-19-36(24,32(46)40-54(49,50)42-14-16-51-17-15-42)39-30(44)29-18-25(21-43(29)31(28)45)52-34(48)41-20-23-10-9-12-27(37)26(23)22-41/h7,9-12,24-25,28-29H,4-6,8,13-22H2,1-3H3,(H,38,47)(H,39,44)(H,40,46)/b11-7-/t24-,25+,28-,29-,36+/m0/s1. The number of benzene rings is 1. The molecule has 0 spiro atoms. The van der Waals surface area contributed by atoms with Crippen LogP contribution in [-0.4, -0.2) is 115 Å². The summed E-state index contributed by atoms with van der Waals surface area (Å²) in [6.45, 7) is 5.42. The Hall–Kier alpha value is -4.29. The van der Waals surface area contributed by atoms with Gasteiger partial charge in [-0.25, -0.2) is 18.7 Å². The van der Waals surface area contributed by atoms with Gasteiger partial charge in [-0.15, -0.1) is 0 Å². The SMILES string of the molecule is CC(C)(C)OC(=O)N[C@H]1CCCCC/C=C\[C@H]2C[C@@]2(C(=O)NS(=O)(=O)N2CCOCC2)NC(=O)[C@@H]2C[C@@H](OC(=O)N3Cc4cccc(F)c4C3)CN2C1=O. The maximum atomic E-state index is 14.4. The molecule has 2 saturated heterocycles. The normalized spacial score (nSPS) is 28.7. The van der Waals surface area contributed by atoms with Crippen LogP contribution in [0.4, 0.5) is 14.0 Å². The number of morpholine rings is 1. The first-order chi connectivity index (χ1) is 25.6. The summed E-state index contributed by atoms with van der Waals surface area (Å²) in [6, 6.07) is 2.24. The molecule has 18 heteroatoms. The highest BCUT2D eigenvalue weighted by atomic mass is 32.2. The summed E-state index contributed by atoms with van der Waals surface area (Å²) in [6.07, 6.45) is 3.99. The second-order valence-corrected chi connectivity index (χ2v) is 17.1. The van der Waals surface area contributed by atoms with E-state index in [0.717, 1.165) is 10.7 Å². The van der Waals surface area contributed by atoms with Crippen LogP contribution in [0, 0.1) is 11.7 Å². The third-order valence-corrected chi connectivity index (χ3v) is 11.8. The third-order valence-electron chi connectivity index (χ3n) is 10.3. The van der Waals surface area contributed by atoms with Gasteiger partial charge in [0.1, 0.15) is 35.1 Å². The van der Waals surface area contributed by atoms with Crippen LogP contribution < -0.4 is 15.4 Å². The fourth-order valence-electron chi connectivity index (χ4n) is 7.40. The van der Waals surface area contributed by atoms with Crippen molar-refractivity contribution in [2.75, 3.05) is 32.8 Å². The van der Waals surface area contributed by atoms with Crippen LogP contribution in [0.5, 0.6) is 0 Å². The number of hydrogen-bond donors (Lipinski definition) is 3. The number of carbonyl (C=O) groups excluding carboxylic acids is 5. The van der Waals surface area contributed by atoms with Gasteiger partial charge in [0.2, 0.25) is 11.8 Å². The van der Waals surface area contributed by atoms with Gasteiger partial charge >= 0.3 is 22.4 Å². The first-order valence-corrected chi connectivity index (χ1v) is 19.9. The summed E-state index contributed by atoms with van der Waals surface area (Å²) in [5, 5.41) is 5.45. The Bertz CT molecular complexity index is 1780. The van der Waals surface area contributed by atoms with Gasteiger partial charge in [0.15, 0.2) is 0 Å². The summed E-state index contributed by atoms with van der Waals surface area (Å²) < 4.78 is 60.6. The maximum Gasteiger partial charge on any atom is 0.410 e. The second-order valence-electron chi connectivity index (χ2n) is 15.5. The zero-order valence-electron chi connectivity index (χ0n) is 30.8. The lowest BCUT2D eigenvalue weighted by Crippen LogP contribution is -2.59. The van der Waals surface area contributed by atoms with Crippen molar-refractivity contribution >= 4 is 40.1 Å². The number of fused-ring (bicyclic) bond motifs is 3. The van der Waals surface area contributed by atoms with E-state index < -0.39 is 81.2 Å².